The van der Waals surface area contributed by atoms with Gasteiger partial charge in [-0.25, -0.2) is 4.98 Å². The lowest BCUT2D eigenvalue weighted by Gasteiger charge is -2.16. The fraction of sp³-hybridized carbons (Fsp3) is 0.136. The lowest BCUT2D eigenvalue weighted by molar-refractivity contribution is 0.102. The molecule has 1 amide bonds. The molecule has 2 aromatic carbocycles. The zero-order valence-corrected chi connectivity index (χ0v) is 17.4. The Kier molecular flexibility index (Phi) is 5.26. The molecule has 0 aliphatic rings. The number of carbonyl (C=O) groups excluding carboxylic acids is 1. The average Bonchev–Trinajstić information content (AvgIpc) is 3.12. The van der Waals surface area contributed by atoms with E-state index in [1.54, 1.807) is 24.4 Å². The molecule has 5 nitrogen and oxygen atoms in total. The Bertz CT molecular complexity index is 1210. The van der Waals surface area contributed by atoms with Gasteiger partial charge in [0.2, 0.25) is 0 Å². The number of pyridine rings is 1. The van der Waals surface area contributed by atoms with Crippen LogP contribution in [0.3, 0.4) is 0 Å². The molecule has 0 bridgehead atoms. The molecule has 0 fully saturated rings. The standard InChI is InChI=1S/C22H18Cl2N4O/c1-3-14-12-26-20-15(21(14)28-11-10-25-13(28)2)6-4-9-18(20)27-22(29)19-16(23)7-5-8-17(19)24/h4-12H,3H2,1-2H3,(H,27,29). The predicted molar refractivity (Wildman–Crippen MR) is 117 cm³/mol. The van der Waals surface area contributed by atoms with Crippen LogP contribution in [0.15, 0.2) is 55.0 Å². The second-order valence-electron chi connectivity index (χ2n) is 6.58. The maximum absolute atomic E-state index is 12.9. The van der Waals surface area contributed by atoms with Crippen molar-refractivity contribution in [2.24, 2.45) is 0 Å². The first-order valence-corrected chi connectivity index (χ1v) is 9.93. The summed E-state index contributed by atoms with van der Waals surface area (Å²) in [6.07, 6.45) is 6.36. The number of nitrogens with one attached hydrogen (secondary N) is 1. The van der Waals surface area contributed by atoms with Crippen molar-refractivity contribution in [3.63, 3.8) is 0 Å². The van der Waals surface area contributed by atoms with Crippen molar-refractivity contribution in [2.75, 3.05) is 5.32 Å². The van der Waals surface area contributed by atoms with Crippen molar-refractivity contribution < 1.29 is 4.79 Å². The van der Waals surface area contributed by atoms with E-state index in [0.717, 1.165) is 28.9 Å². The molecule has 0 unspecified atom stereocenters. The van der Waals surface area contributed by atoms with Crippen molar-refractivity contribution in [3.05, 3.63) is 82.0 Å². The van der Waals surface area contributed by atoms with Crippen LogP contribution in [0.1, 0.15) is 28.7 Å². The number of hydrogen-bond donors (Lipinski definition) is 1. The first kappa shape index (κ1) is 19.4. The number of aryl methyl sites for hydroxylation is 2. The fourth-order valence-electron chi connectivity index (χ4n) is 3.41. The zero-order chi connectivity index (χ0) is 20.5. The van der Waals surface area contributed by atoms with E-state index < -0.39 is 0 Å². The summed E-state index contributed by atoms with van der Waals surface area (Å²) in [5, 5.41) is 4.43. The van der Waals surface area contributed by atoms with E-state index in [1.165, 1.54) is 0 Å². The molecule has 2 heterocycles. The van der Waals surface area contributed by atoms with Crippen LogP contribution in [0.25, 0.3) is 16.6 Å². The van der Waals surface area contributed by atoms with E-state index in [0.29, 0.717) is 21.2 Å². The number of halogens is 2. The Morgan fingerprint density at radius 1 is 1.10 bits per heavy atom. The van der Waals surface area contributed by atoms with Crippen molar-refractivity contribution in [3.8, 4) is 5.69 Å². The van der Waals surface area contributed by atoms with Crippen LogP contribution < -0.4 is 5.32 Å². The van der Waals surface area contributed by atoms with E-state index >= 15 is 0 Å². The molecule has 0 spiro atoms. The number of para-hydroxylation sites is 1. The average molecular weight is 425 g/mol. The molecule has 146 valence electrons. The molecule has 2 aromatic heterocycles. The van der Waals surface area contributed by atoms with Gasteiger partial charge in [0, 0.05) is 24.0 Å². The fourth-order valence-corrected chi connectivity index (χ4v) is 3.98. The number of anilines is 1. The summed E-state index contributed by atoms with van der Waals surface area (Å²) in [6.45, 7) is 4.04. The summed E-state index contributed by atoms with van der Waals surface area (Å²) >= 11 is 12.4. The summed E-state index contributed by atoms with van der Waals surface area (Å²) in [7, 11) is 0. The number of carbonyl (C=O) groups is 1. The van der Waals surface area contributed by atoms with Gasteiger partial charge in [-0.3, -0.25) is 9.78 Å². The number of nitrogens with zero attached hydrogens (tertiary/aromatic N) is 3. The minimum absolute atomic E-state index is 0.240. The molecular formula is C22H18Cl2N4O. The quantitative estimate of drug-likeness (QED) is 0.446. The highest BCUT2D eigenvalue weighted by molar-refractivity contribution is 6.40. The zero-order valence-electron chi connectivity index (χ0n) is 15.9. The van der Waals surface area contributed by atoms with Gasteiger partial charge in [0.25, 0.3) is 5.91 Å². The summed E-state index contributed by atoms with van der Waals surface area (Å²) < 4.78 is 2.04. The van der Waals surface area contributed by atoms with Gasteiger partial charge in [-0.15, -0.1) is 0 Å². The first-order valence-electron chi connectivity index (χ1n) is 9.17. The monoisotopic (exact) mass is 424 g/mol. The van der Waals surface area contributed by atoms with Gasteiger partial charge in [0.1, 0.15) is 5.82 Å². The smallest absolute Gasteiger partial charge is 0.258 e. The summed E-state index contributed by atoms with van der Waals surface area (Å²) in [4.78, 5) is 21.8. The van der Waals surface area contributed by atoms with Gasteiger partial charge < -0.3 is 9.88 Å². The highest BCUT2D eigenvalue weighted by atomic mass is 35.5. The lowest BCUT2D eigenvalue weighted by Crippen LogP contribution is -2.14. The van der Waals surface area contributed by atoms with Gasteiger partial charge in [-0.05, 0) is 37.1 Å². The molecule has 0 aliphatic carbocycles. The Hall–Kier alpha value is -2.89. The lowest BCUT2D eigenvalue weighted by atomic mass is 10.1. The number of hydrogen-bond acceptors (Lipinski definition) is 3. The summed E-state index contributed by atoms with van der Waals surface area (Å²) in [6, 6.07) is 10.7. The van der Waals surface area contributed by atoms with Crippen LogP contribution in [-0.2, 0) is 6.42 Å². The normalized spacial score (nSPS) is 11.0. The summed E-state index contributed by atoms with van der Waals surface area (Å²) in [5.41, 5.74) is 3.62. The molecule has 0 saturated carbocycles. The first-order chi connectivity index (χ1) is 14.0. The van der Waals surface area contributed by atoms with Gasteiger partial charge in [-0.2, -0.15) is 0 Å². The Morgan fingerprint density at radius 2 is 1.83 bits per heavy atom. The highest BCUT2D eigenvalue weighted by Gasteiger charge is 2.18. The number of amides is 1. The minimum Gasteiger partial charge on any atom is -0.320 e. The van der Waals surface area contributed by atoms with Crippen molar-refractivity contribution >= 4 is 45.7 Å². The molecular weight excluding hydrogens is 407 g/mol. The van der Waals surface area contributed by atoms with Crippen LogP contribution in [0, 0.1) is 6.92 Å². The van der Waals surface area contributed by atoms with E-state index in [4.69, 9.17) is 23.2 Å². The van der Waals surface area contributed by atoms with Crippen LogP contribution in [-0.4, -0.2) is 20.4 Å². The van der Waals surface area contributed by atoms with Crippen LogP contribution in [0.4, 0.5) is 5.69 Å². The van der Waals surface area contributed by atoms with Crippen molar-refractivity contribution in [2.45, 2.75) is 20.3 Å². The number of aromatic nitrogens is 3. The number of benzene rings is 2. The second kappa shape index (κ2) is 7.85. The number of fused-ring (bicyclic) bond motifs is 1. The minimum atomic E-state index is -0.380. The molecule has 4 rings (SSSR count). The van der Waals surface area contributed by atoms with E-state index in [2.05, 4.69) is 22.2 Å². The van der Waals surface area contributed by atoms with Crippen molar-refractivity contribution in [1.29, 1.82) is 0 Å². The maximum atomic E-state index is 12.9. The molecule has 7 heteroatoms. The predicted octanol–water partition coefficient (Wildman–Crippen LogP) is 5.85. The third kappa shape index (κ3) is 3.48. The summed E-state index contributed by atoms with van der Waals surface area (Å²) in [5.74, 6) is 0.499. The SMILES string of the molecule is CCc1cnc2c(NC(=O)c3c(Cl)cccc3Cl)cccc2c1-n1ccnc1C. The molecule has 0 atom stereocenters. The van der Waals surface area contributed by atoms with Crippen LogP contribution >= 0.6 is 23.2 Å². The third-order valence-electron chi connectivity index (χ3n) is 4.83. The van der Waals surface area contributed by atoms with Gasteiger partial charge in [-0.1, -0.05) is 48.3 Å². The Balaban J connectivity index is 1.85. The van der Waals surface area contributed by atoms with Crippen LogP contribution in [0.2, 0.25) is 10.0 Å². The van der Waals surface area contributed by atoms with Crippen LogP contribution in [0.5, 0.6) is 0 Å². The van der Waals surface area contributed by atoms with Gasteiger partial charge in [0.05, 0.1) is 32.5 Å². The molecule has 4 aromatic rings. The van der Waals surface area contributed by atoms with Gasteiger partial charge in [0.15, 0.2) is 0 Å². The third-order valence-corrected chi connectivity index (χ3v) is 5.46. The molecule has 1 N–H and O–H groups in total. The largest absolute Gasteiger partial charge is 0.320 e. The molecule has 0 saturated heterocycles. The second-order valence-corrected chi connectivity index (χ2v) is 7.40. The highest BCUT2D eigenvalue weighted by Crippen LogP contribution is 2.31. The van der Waals surface area contributed by atoms with E-state index in [-0.39, 0.29) is 11.5 Å². The number of rotatable bonds is 4. The van der Waals surface area contributed by atoms with Crippen molar-refractivity contribution in [1.82, 2.24) is 14.5 Å². The Morgan fingerprint density at radius 3 is 2.48 bits per heavy atom. The van der Waals surface area contributed by atoms with E-state index in [9.17, 15) is 4.79 Å². The number of imidazole rings is 1. The molecule has 0 aliphatic heterocycles. The van der Waals surface area contributed by atoms with Gasteiger partial charge >= 0.3 is 0 Å². The molecule has 0 radical (unpaired) electrons. The van der Waals surface area contributed by atoms with E-state index in [1.807, 2.05) is 42.1 Å². The maximum Gasteiger partial charge on any atom is 0.258 e. The Labute approximate surface area is 178 Å². The topological polar surface area (TPSA) is 59.8 Å². The molecule has 29 heavy (non-hydrogen) atoms.